The lowest BCUT2D eigenvalue weighted by Gasteiger charge is -2.37. The van der Waals surface area contributed by atoms with E-state index < -0.39 is 0 Å². The number of piperazine rings is 1. The highest BCUT2D eigenvalue weighted by atomic mass is 35.5. The van der Waals surface area contributed by atoms with E-state index in [9.17, 15) is 4.79 Å². The van der Waals surface area contributed by atoms with Gasteiger partial charge in [-0.1, -0.05) is 32.0 Å². The Bertz CT molecular complexity index is 552. The zero-order valence-electron chi connectivity index (χ0n) is 15.3. The monoisotopic (exact) mass is 366 g/mol. The van der Waals surface area contributed by atoms with Gasteiger partial charge in [-0.3, -0.25) is 14.6 Å². The van der Waals surface area contributed by atoms with Crippen molar-refractivity contribution in [2.75, 3.05) is 51.1 Å². The second-order valence-corrected chi connectivity index (χ2v) is 7.25. The first-order valence-corrected chi connectivity index (χ1v) is 9.19. The van der Waals surface area contributed by atoms with Gasteiger partial charge in [0.2, 0.25) is 5.91 Å². The van der Waals surface area contributed by atoms with E-state index in [1.165, 1.54) is 12.0 Å². The van der Waals surface area contributed by atoms with Crippen molar-refractivity contribution in [2.24, 2.45) is 0 Å². The SMILES string of the molecule is CC(C)c1ccccc1NC(=O)CN1CCN(C2CCNC2)CC1.Cl. The summed E-state index contributed by atoms with van der Waals surface area (Å²) >= 11 is 0. The number of carbonyl (C=O) groups excluding carboxylic acids is 1. The molecule has 0 bridgehead atoms. The fraction of sp³-hybridized carbons (Fsp3) is 0.632. The average Bonchev–Trinajstić information content (AvgIpc) is 3.10. The highest BCUT2D eigenvalue weighted by Gasteiger charge is 2.26. The topological polar surface area (TPSA) is 47.6 Å². The summed E-state index contributed by atoms with van der Waals surface area (Å²) < 4.78 is 0. The third-order valence-electron chi connectivity index (χ3n) is 5.18. The van der Waals surface area contributed by atoms with Crippen molar-refractivity contribution in [3.05, 3.63) is 29.8 Å². The number of anilines is 1. The first-order valence-electron chi connectivity index (χ1n) is 9.19. The van der Waals surface area contributed by atoms with Crippen LogP contribution in [0.4, 0.5) is 5.69 Å². The molecule has 0 radical (unpaired) electrons. The summed E-state index contributed by atoms with van der Waals surface area (Å²) in [6.07, 6.45) is 1.26. The van der Waals surface area contributed by atoms with E-state index in [4.69, 9.17) is 0 Å². The molecule has 0 aromatic heterocycles. The maximum Gasteiger partial charge on any atom is 0.238 e. The average molecular weight is 367 g/mol. The van der Waals surface area contributed by atoms with E-state index in [1.54, 1.807) is 0 Å². The molecule has 0 spiro atoms. The molecule has 2 fully saturated rings. The largest absolute Gasteiger partial charge is 0.325 e. The van der Waals surface area contributed by atoms with E-state index >= 15 is 0 Å². The summed E-state index contributed by atoms with van der Waals surface area (Å²) in [5, 5.41) is 6.54. The van der Waals surface area contributed by atoms with Crippen LogP contribution in [0.5, 0.6) is 0 Å². The highest BCUT2D eigenvalue weighted by molar-refractivity contribution is 5.93. The Morgan fingerprint density at radius 1 is 1.24 bits per heavy atom. The molecule has 5 nitrogen and oxygen atoms in total. The number of para-hydroxylation sites is 1. The predicted molar refractivity (Wildman–Crippen MR) is 106 cm³/mol. The number of hydrogen-bond acceptors (Lipinski definition) is 4. The van der Waals surface area contributed by atoms with Crippen LogP contribution in [0.3, 0.4) is 0 Å². The lowest BCUT2D eigenvalue weighted by molar-refractivity contribution is -0.117. The van der Waals surface area contributed by atoms with Crippen molar-refractivity contribution in [3.8, 4) is 0 Å². The van der Waals surface area contributed by atoms with Crippen molar-refractivity contribution in [3.63, 3.8) is 0 Å². The van der Waals surface area contributed by atoms with Gasteiger partial charge in [0.15, 0.2) is 0 Å². The second-order valence-electron chi connectivity index (χ2n) is 7.25. The Hall–Kier alpha value is -1.14. The third kappa shape index (κ3) is 5.42. The Balaban J connectivity index is 0.00000225. The minimum Gasteiger partial charge on any atom is -0.325 e. The number of benzene rings is 1. The maximum absolute atomic E-state index is 12.4. The first-order chi connectivity index (χ1) is 11.6. The highest BCUT2D eigenvalue weighted by Crippen LogP contribution is 2.23. The molecule has 2 N–H and O–H groups in total. The predicted octanol–water partition coefficient (Wildman–Crippen LogP) is 2.15. The molecule has 1 amide bonds. The molecule has 6 heteroatoms. The molecule has 1 aromatic carbocycles. The van der Waals surface area contributed by atoms with Crippen LogP contribution in [-0.2, 0) is 4.79 Å². The van der Waals surface area contributed by atoms with Gasteiger partial charge in [0.05, 0.1) is 6.54 Å². The molecule has 1 unspecified atom stereocenters. The summed E-state index contributed by atoms with van der Waals surface area (Å²) in [6.45, 7) is 11.2. The fourth-order valence-corrected chi connectivity index (χ4v) is 3.74. The second kappa shape index (κ2) is 9.53. The number of nitrogens with zero attached hydrogens (tertiary/aromatic N) is 2. The van der Waals surface area contributed by atoms with Crippen LogP contribution in [0.1, 0.15) is 31.7 Å². The first kappa shape index (κ1) is 20.2. The third-order valence-corrected chi connectivity index (χ3v) is 5.18. The summed E-state index contributed by atoms with van der Waals surface area (Å²) in [7, 11) is 0. The van der Waals surface area contributed by atoms with Gasteiger partial charge < -0.3 is 10.6 Å². The minimum atomic E-state index is 0. The van der Waals surface area contributed by atoms with Gasteiger partial charge in [-0.2, -0.15) is 0 Å². The van der Waals surface area contributed by atoms with Crippen LogP contribution in [0.2, 0.25) is 0 Å². The summed E-state index contributed by atoms with van der Waals surface area (Å²) in [5.41, 5.74) is 2.15. The molecule has 2 saturated heterocycles. The summed E-state index contributed by atoms with van der Waals surface area (Å²) in [4.78, 5) is 17.3. The number of carbonyl (C=O) groups is 1. The number of rotatable bonds is 5. The zero-order valence-corrected chi connectivity index (χ0v) is 16.1. The lowest BCUT2D eigenvalue weighted by atomic mass is 10.0. The van der Waals surface area contributed by atoms with E-state index in [0.717, 1.165) is 45.0 Å². The molecule has 1 atom stereocenters. The molecule has 0 saturated carbocycles. The van der Waals surface area contributed by atoms with Gasteiger partial charge in [0.25, 0.3) is 0 Å². The molecule has 2 aliphatic heterocycles. The number of hydrogen-bond donors (Lipinski definition) is 2. The van der Waals surface area contributed by atoms with Crippen LogP contribution in [0.25, 0.3) is 0 Å². The maximum atomic E-state index is 12.4. The molecular weight excluding hydrogens is 336 g/mol. The van der Waals surface area contributed by atoms with Gasteiger partial charge >= 0.3 is 0 Å². The molecule has 0 aliphatic carbocycles. The van der Waals surface area contributed by atoms with Crippen LogP contribution in [-0.4, -0.2) is 67.6 Å². The molecule has 2 heterocycles. The van der Waals surface area contributed by atoms with Crippen molar-refractivity contribution in [2.45, 2.75) is 32.2 Å². The zero-order chi connectivity index (χ0) is 16.9. The van der Waals surface area contributed by atoms with E-state index in [2.05, 4.69) is 40.3 Å². The smallest absolute Gasteiger partial charge is 0.238 e. The van der Waals surface area contributed by atoms with Crippen LogP contribution in [0.15, 0.2) is 24.3 Å². The Morgan fingerprint density at radius 3 is 2.60 bits per heavy atom. The van der Waals surface area contributed by atoms with E-state index in [1.807, 2.05) is 18.2 Å². The Labute approximate surface area is 157 Å². The molecule has 2 aliphatic rings. The number of nitrogens with one attached hydrogen (secondary N) is 2. The van der Waals surface area contributed by atoms with Gasteiger partial charge in [0.1, 0.15) is 0 Å². The van der Waals surface area contributed by atoms with E-state index in [-0.39, 0.29) is 18.3 Å². The lowest BCUT2D eigenvalue weighted by Crippen LogP contribution is -2.52. The molecule has 1 aromatic rings. The molecule has 140 valence electrons. The van der Waals surface area contributed by atoms with Gasteiger partial charge in [-0.15, -0.1) is 12.4 Å². The van der Waals surface area contributed by atoms with Crippen molar-refractivity contribution in [1.29, 1.82) is 0 Å². The van der Waals surface area contributed by atoms with Crippen LogP contribution >= 0.6 is 12.4 Å². The quantitative estimate of drug-likeness (QED) is 0.838. The normalized spacial score (nSPS) is 22.0. The van der Waals surface area contributed by atoms with Crippen molar-refractivity contribution >= 4 is 24.0 Å². The van der Waals surface area contributed by atoms with Crippen LogP contribution in [0, 0.1) is 0 Å². The number of halogens is 1. The summed E-state index contributed by atoms with van der Waals surface area (Å²) in [5.74, 6) is 0.504. The standard InChI is InChI=1S/C19H30N4O.ClH/c1-15(2)17-5-3-4-6-18(17)21-19(24)14-22-9-11-23(12-10-22)16-7-8-20-13-16;/h3-6,15-16,20H,7-14H2,1-2H3,(H,21,24);1H. The van der Waals surface area contributed by atoms with Gasteiger partial charge in [0, 0.05) is 44.5 Å². The summed E-state index contributed by atoms with van der Waals surface area (Å²) in [6, 6.07) is 8.80. The van der Waals surface area contributed by atoms with Crippen molar-refractivity contribution < 1.29 is 4.79 Å². The molecule has 3 rings (SSSR count). The Morgan fingerprint density at radius 2 is 1.96 bits per heavy atom. The van der Waals surface area contributed by atoms with Gasteiger partial charge in [-0.25, -0.2) is 0 Å². The van der Waals surface area contributed by atoms with Crippen molar-refractivity contribution in [1.82, 2.24) is 15.1 Å². The van der Waals surface area contributed by atoms with E-state index in [0.29, 0.717) is 18.5 Å². The molecule has 25 heavy (non-hydrogen) atoms. The van der Waals surface area contributed by atoms with Crippen LogP contribution < -0.4 is 10.6 Å². The Kier molecular flexibility index (Phi) is 7.69. The fourth-order valence-electron chi connectivity index (χ4n) is 3.74. The van der Waals surface area contributed by atoms with Gasteiger partial charge in [-0.05, 0) is 30.5 Å². The number of amides is 1. The minimum absolute atomic E-state index is 0. The molecular formula is C19H31ClN4O.